The molecule has 0 fully saturated rings. The van der Waals surface area contributed by atoms with Gasteiger partial charge in [0.25, 0.3) is 0 Å². The average Bonchev–Trinajstić information content (AvgIpc) is 2.69. The molecule has 0 rings (SSSR count). The van der Waals surface area contributed by atoms with E-state index in [-0.39, 0.29) is 11.5 Å². The van der Waals surface area contributed by atoms with Crippen molar-refractivity contribution < 1.29 is 34.8 Å². The van der Waals surface area contributed by atoms with Crippen LogP contribution in [-0.4, -0.2) is 40.3 Å². The smallest absolute Gasteiger partial charge is 0.322 e. The molecule has 0 aliphatic heterocycles. The molecule has 34 heavy (non-hydrogen) atoms. The molecule has 0 aromatic heterocycles. The number of unbranched alkanes of at least 4 members (excludes halogenated alkanes) is 8. The van der Waals surface area contributed by atoms with Crippen molar-refractivity contribution in [2.24, 2.45) is 11.8 Å². The summed E-state index contributed by atoms with van der Waals surface area (Å²) in [5.74, 6) is -1.39. The van der Waals surface area contributed by atoms with Gasteiger partial charge in [0.1, 0.15) is 0 Å². The predicted octanol–water partition coefficient (Wildman–Crippen LogP) is 5.51. The zero-order valence-electron chi connectivity index (χ0n) is 21.6. The normalized spacial score (nSPS) is 12.3. The Morgan fingerprint density at radius 3 is 1.15 bits per heavy atom. The molecule has 0 atom stereocenters. The van der Waals surface area contributed by atoms with Gasteiger partial charge in [-0.15, -0.1) is 0 Å². The largest absolute Gasteiger partial charge is 0.346 e. The molecule has 0 aromatic carbocycles. The lowest BCUT2D eigenvalue weighted by Gasteiger charge is -2.07. The van der Waals surface area contributed by atoms with Crippen LogP contribution in [0.25, 0.3) is 0 Å². The van der Waals surface area contributed by atoms with Gasteiger partial charge >= 0.3 is 32.2 Å². The third-order valence-electron chi connectivity index (χ3n) is 5.32. The average molecular weight is 527 g/mol. The van der Waals surface area contributed by atoms with Crippen LogP contribution in [0.4, 0.5) is 0 Å². The van der Waals surface area contributed by atoms with Crippen LogP contribution in [0.5, 0.6) is 0 Å². The summed E-state index contributed by atoms with van der Waals surface area (Å²) in [5.41, 5.74) is 0. The minimum atomic E-state index is -4.02. The van der Waals surface area contributed by atoms with Crippen molar-refractivity contribution in [1.29, 1.82) is 0 Å². The monoisotopic (exact) mass is 526 g/mol. The molecule has 10 heteroatoms. The Labute approximate surface area is 207 Å². The van der Waals surface area contributed by atoms with Gasteiger partial charge in [-0.3, -0.25) is 9.59 Å². The molecule has 202 valence electrons. The molecule has 8 nitrogen and oxygen atoms in total. The van der Waals surface area contributed by atoms with E-state index in [0.717, 1.165) is 64.2 Å². The summed E-state index contributed by atoms with van der Waals surface area (Å²) >= 11 is 0. The minimum Gasteiger partial charge on any atom is -0.346 e. The Balaban J connectivity index is 4.01. The quantitative estimate of drug-likeness (QED) is 0.142. The third kappa shape index (κ3) is 21.4. The van der Waals surface area contributed by atoms with Gasteiger partial charge in [-0.2, -0.15) is 16.8 Å². The van der Waals surface area contributed by atoms with Crippen LogP contribution in [0, 0.1) is 11.8 Å². The van der Waals surface area contributed by atoms with Crippen molar-refractivity contribution in [2.75, 3.05) is 11.5 Å². The molecule has 0 heterocycles. The van der Waals surface area contributed by atoms with Gasteiger partial charge in [0.05, 0.1) is 24.3 Å². The fourth-order valence-electron chi connectivity index (χ4n) is 3.38. The SMILES string of the molecule is CC(C)CCCCCCCS(=O)(=O)OC(=O)CCC(=O)OS(=O)(=O)CCCCCCCC(C)C. The number of carbonyl (C=O) groups is 2. The van der Waals surface area contributed by atoms with E-state index >= 15 is 0 Å². The number of carbonyl (C=O) groups excluding carboxylic acids is 2. The van der Waals surface area contributed by atoms with Gasteiger partial charge in [0.2, 0.25) is 0 Å². The molecular formula is C24H46O8S2. The molecule has 0 bridgehead atoms. The fraction of sp³-hybridized carbons (Fsp3) is 0.917. The Morgan fingerprint density at radius 1 is 0.529 bits per heavy atom. The maximum atomic E-state index is 11.9. The van der Waals surface area contributed by atoms with Crippen LogP contribution in [0.3, 0.4) is 0 Å². The van der Waals surface area contributed by atoms with Crippen molar-refractivity contribution in [3.63, 3.8) is 0 Å². The second-order valence-corrected chi connectivity index (χ2v) is 13.2. The zero-order valence-corrected chi connectivity index (χ0v) is 23.2. The van der Waals surface area contributed by atoms with Gasteiger partial charge in [-0.05, 0) is 24.7 Å². The van der Waals surface area contributed by atoms with E-state index in [2.05, 4.69) is 36.1 Å². The van der Waals surface area contributed by atoms with E-state index in [1.807, 2.05) is 0 Å². The highest BCUT2D eigenvalue weighted by Crippen LogP contribution is 2.13. The van der Waals surface area contributed by atoms with Crippen molar-refractivity contribution >= 4 is 32.2 Å². The Hall–Kier alpha value is -1.16. The first-order chi connectivity index (χ1) is 15.8. The highest BCUT2D eigenvalue weighted by molar-refractivity contribution is 7.87. The predicted molar refractivity (Wildman–Crippen MR) is 134 cm³/mol. The van der Waals surface area contributed by atoms with Gasteiger partial charge in [-0.1, -0.05) is 91.9 Å². The number of hydrogen-bond donors (Lipinski definition) is 0. The summed E-state index contributed by atoms with van der Waals surface area (Å²) in [6.07, 6.45) is 9.62. The van der Waals surface area contributed by atoms with Crippen LogP contribution in [-0.2, 0) is 38.2 Å². The Morgan fingerprint density at radius 2 is 0.824 bits per heavy atom. The molecule has 0 aliphatic carbocycles. The van der Waals surface area contributed by atoms with Crippen LogP contribution in [0.2, 0.25) is 0 Å². The lowest BCUT2D eigenvalue weighted by atomic mass is 10.0. The molecule has 0 N–H and O–H groups in total. The van der Waals surface area contributed by atoms with Crippen LogP contribution >= 0.6 is 0 Å². The number of hydrogen-bond acceptors (Lipinski definition) is 8. The first-order valence-electron chi connectivity index (χ1n) is 12.7. The van der Waals surface area contributed by atoms with E-state index in [1.165, 1.54) is 0 Å². The molecule has 0 radical (unpaired) electrons. The molecule has 0 aromatic rings. The van der Waals surface area contributed by atoms with E-state index < -0.39 is 45.0 Å². The highest BCUT2D eigenvalue weighted by atomic mass is 32.2. The highest BCUT2D eigenvalue weighted by Gasteiger charge is 2.21. The van der Waals surface area contributed by atoms with Gasteiger partial charge in [-0.25, -0.2) is 0 Å². The summed E-state index contributed by atoms with van der Waals surface area (Å²) in [5, 5.41) is 0. The first kappa shape index (κ1) is 32.8. The maximum absolute atomic E-state index is 11.9. The molecule has 0 saturated carbocycles. The van der Waals surface area contributed by atoms with Gasteiger partial charge < -0.3 is 8.37 Å². The molecule has 0 spiro atoms. The first-order valence-corrected chi connectivity index (χ1v) is 15.9. The molecule has 0 aliphatic rings. The summed E-state index contributed by atoms with van der Waals surface area (Å²) < 4.78 is 56.5. The third-order valence-corrected chi connectivity index (χ3v) is 7.78. The van der Waals surface area contributed by atoms with E-state index in [0.29, 0.717) is 24.7 Å². The minimum absolute atomic E-state index is 0.265. The van der Waals surface area contributed by atoms with Crippen molar-refractivity contribution in [1.82, 2.24) is 0 Å². The maximum Gasteiger partial charge on any atom is 0.322 e. The summed E-state index contributed by atoms with van der Waals surface area (Å²) in [6.45, 7) is 8.66. The van der Waals surface area contributed by atoms with Crippen molar-refractivity contribution in [2.45, 2.75) is 118 Å². The van der Waals surface area contributed by atoms with Crippen molar-refractivity contribution in [3.8, 4) is 0 Å². The second kappa shape index (κ2) is 18.2. The van der Waals surface area contributed by atoms with E-state index in [4.69, 9.17) is 0 Å². The Bertz CT molecular complexity index is 705. The van der Waals surface area contributed by atoms with Crippen LogP contribution < -0.4 is 0 Å². The lowest BCUT2D eigenvalue weighted by Crippen LogP contribution is -2.19. The number of rotatable bonds is 21. The van der Waals surface area contributed by atoms with E-state index in [9.17, 15) is 26.4 Å². The molecule has 0 amide bonds. The summed E-state index contributed by atoms with van der Waals surface area (Å²) in [7, 11) is -8.03. The van der Waals surface area contributed by atoms with Gasteiger partial charge in [0.15, 0.2) is 0 Å². The van der Waals surface area contributed by atoms with Crippen molar-refractivity contribution in [3.05, 3.63) is 0 Å². The topological polar surface area (TPSA) is 121 Å². The summed E-state index contributed by atoms with van der Waals surface area (Å²) in [4.78, 5) is 23.5. The Kier molecular flexibility index (Phi) is 17.5. The second-order valence-electron chi connectivity index (χ2n) is 9.83. The zero-order chi connectivity index (χ0) is 26.0. The molecule has 0 unspecified atom stereocenters. The van der Waals surface area contributed by atoms with Crippen LogP contribution in [0.15, 0.2) is 0 Å². The summed E-state index contributed by atoms with van der Waals surface area (Å²) in [6, 6.07) is 0. The fourth-order valence-corrected chi connectivity index (χ4v) is 5.39. The molecular weight excluding hydrogens is 480 g/mol. The van der Waals surface area contributed by atoms with Crippen LogP contribution in [0.1, 0.15) is 118 Å². The van der Waals surface area contributed by atoms with Gasteiger partial charge in [0, 0.05) is 0 Å². The van der Waals surface area contributed by atoms with E-state index in [1.54, 1.807) is 0 Å². The standard InChI is InChI=1S/C24H46O8S2/c1-21(2)15-11-7-5-9-13-19-33(27,28)31-23(25)17-18-24(26)32-34(29,30)20-14-10-6-8-12-16-22(3)4/h21-22H,5-20H2,1-4H3. The molecule has 0 saturated heterocycles. The lowest BCUT2D eigenvalue weighted by molar-refractivity contribution is -0.140.